The number of carbonyl (C=O) groups is 1. The van der Waals surface area contributed by atoms with Gasteiger partial charge in [-0.3, -0.25) is 4.79 Å². The summed E-state index contributed by atoms with van der Waals surface area (Å²) in [5, 5.41) is 0.270. The molecule has 3 aromatic rings. The van der Waals surface area contributed by atoms with Crippen molar-refractivity contribution in [2.75, 3.05) is 13.2 Å². The van der Waals surface area contributed by atoms with Crippen molar-refractivity contribution >= 4 is 16.9 Å². The maximum Gasteiger partial charge on any atom is 0.573 e. The van der Waals surface area contributed by atoms with Gasteiger partial charge in [-0.15, -0.1) is 13.2 Å². The molecule has 0 aliphatic heterocycles. The lowest BCUT2D eigenvalue weighted by atomic mass is 9.65. The molecule has 278 valence electrons. The second kappa shape index (κ2) is 14.9. The summed E-state index contributed by atoms with van der Waals surface area (Å²) in [5.41, 5.74) is 0.0825. The number of halogens is 6. The minimum atomic E-state index is -5.02. The van der Waals surface area contributed by atoms with E-state index in [1.54, 1.807) is 26.8 Å². The zero-order chi connectivity index (χ0) is 37.9. The van der Waals surface area contributed by atoms with Crippen LogP contribution < -0.4 is 20.8 Å². The molecule has 0 aliphatic rings. The van der Waals surface area contributed by atoms with E-state index in [0.29, 0.717) is 12.0 Å². The molecule has 0 saturated carbocycles. The lowest BCUT2D eigenvalue weighted by Gasteiger charge is -2.43. The van der Waals surface area contributed by atoms with Crippen molar-refractivity contribution in [2.45, 2.75) is 106 Å². The molecule has 50 heavy (non-hydrogen) atoms. The van der Waals surface area contributed by atoms with Gasteiger partial charge in [0.1, 0.15) is 35.7 Å². The molecule has 0 saturated heterocycles. The molecule has 0 bridgehead atoms. The van der Waals surface area contributed by atoms with Gasteiger partial charge >= 0.3 is 24.1 Å². The van der Waals surface area contributed by atoms with Crippen LogP contribution in [0.3, 0.4) is 0 Å². The lowest BCUT2D eigenvalue weighted by Crippen LogP contribution is -2.56. The van der Waals surface area contributed by atoms with Gasteiger partial charge in [0.15, 0.2) is 0 Å². The number of nitrogens with two attached hydrogens (primary N) is 1. The average Bonchev–Trinajstić information content (AvgIpc) is 2.96. The Bertz CT molecular complexity index is 1700. The Morgan fingerprint density at radius 2 is 1.50 bits per heavy atom. The first-order valence-corrected chi connectivity index (χ1v) is 16.4. The molecule has 1 aromatic heterocycles. The second-order valence-electron chi connectivity index (χ2n) is 15.2. The standard InChI is InChI=1S/C37H47F6NO6/c1-9-10-11-12-23-13-16-26(29(17-23)50-37(41,42)43)27-18-24-14-15-25(19-28(24)49-30(27)45)47-21-34(7,36(38,39)40)22-48-31(46)35(8,33(5,6)44)20-32(2,3)4/h13-19H,9-12,20-22,44H2,1-8H3. The highest BCUT2D eigenvalue weighted by Gasteiger charge is 2.55. The van der Waals surface area contributed by atoms with Crippen molar-refractivity contribution in [1.29, 1.82) is 0 Å². The van der Waals surface area contributed by atoms with E-state index >= 15 is 0 Å². The van der Waals surface area contributed by atoms with Gasteiger partial charge in [0.2, 0.25) is 0 Å². The third kappa shape index (κ3) is 10.2. The molecule has 0 radical (unpaired) electrons. The fraction of sp³-hybridized carbons (Fsp3) is 0.568. The van der Waals surface area contributed by atoms with Crippen LogP contribution in [-0.2, 0) is 16.0 Å². The van der Waals surface area contributed by atoms with Crippen molar-refractivity contribution in [3.63, 3.8) is 0 Å². The van der Waals surface area contributed by atoms with E-state index in [9.17, 15) is 35.9 Å². The van der Waals surface area contributed by atoms with Gasteiger partial charge in [0.05, 0.1) is 11.0 Å². The van der Waals surface area contributed by atoms with Crippen LogP contribution in [0.15, 0.2) is 51.7 Å². The molecule has 0 spiro atoms. The van der Waals surface area contributed by atoms with Crippen LogP contribution >= 0.6 is 0 Å². The maximum absolute atomic E-state index is 14.4. The van der Waals surface area contributed by atoms with Crippen LogP contribution in [0, 0.1) is 16.2 Å². The number of rotatable bonds is 14. The molecule has 2 atom stereocenters. The molecule has 2 aromatic carbocycles. The number of ether oxygens (including phenoxy) is 3. The van der Waals surface area contributed by atoms with E-state index in [2.05, 4.69) is 4.74 Å². The fourth-order valence-electron chi connectivity index (χ4n) is 5.56. The number of benzene rings is 2. The molecule has 13 heteroatoms. The molecule has 1 heterocycles. The van der Waals surface area contributed by atoms with Crippen molar-refractivity contribution < 1.29 is 49.8 Å². The zero-order valence-corrected chi connectivity index (χ0v) is 29.8. The van der Waals surface area contributed by atoms with E-state index in [4.69, 9.17) is 19.6 Å². The summed E-state index contributed by atoms with van der Waals surface area (Å²) >= 11 is 0. The highest BCUT2D eigenvalue weighted by atomic mass is 19.4. The number of fused-ring (bicyclic) bond motifs is 1. The monoisotopic (exact) mass is 715 g/mol. The minimum Gasteiger partial charge on any atom is -0.492 e. The maximum atomic E-state index is 14.4. The van der Waals surface area contributed by atoms with Crippen LogP contribution in [0.2, 0.25) is 0 Å². The lowest BCUT2D eigenvalue weighted by molar-refractivity contribution is -0.274. The number of hydrogen-bond donors (Lipinski definition) is 1. The Morgan fingerprint density at radius 1 is 0.840 bits per heavy atom. The van der Waals surface area contributed by atoms with Gasteiger partial charge in [-0.05, 0) is 82.2 Å². The summed E-state index contributed by atoms with van der Waals surface area (Å²) in [4.78, 5) is 26.3. The highest BCUT2D eigenvalue weighted by molar-refractivity contribution is 5.84. The quantitative estimate of drug-likeness (QED) is 0.0768. The number of alkyl halides is 6. The minimum absolute atomic E-state index is 0.0750. The Kier molecular flexibility index (Phi) is 12.1. The molecular weight excluding hydrogens is 668 g/mol. The van der Waals surface area contributed by atoms with Gasteiger partial charge in [-0.2, -0.15) is 13.2 Å². The predicted molar refractivity (Wildman–Crippen MR) is 179 cm³/mol. The van der Waals surface area contributed by atoms with Crippen LogP contribution in [0.25, 0.3) is 22.1 Å². The number of esters is 1. The Labute approximate surface area is 288 Å². The molecule has 7 nitrogen and oxygen atoms in total. The summed E-state index contributed by atoms with van der Waals surface area (Å²) in [6.07, 6.45) is -6.51. The third-order valence-corrected chi connectivity index (χ3v) is 8.86. The molecular formula is C37H47F6NO6. The predicted octanol–water partition coefficient (Wildman–Crippen LogP) is 9.76. The first-order valence-electron chi connectivity index (χ1n) is 16.4. The van der Waals surface area contributed by atoms with Gasteiger partial charge < -0.3 is 24.4 Å². The summed E-state index contributed by atoms with van der Waals surface area (Å²) in [6.45, 7) is 11.3. The van der Waals surface area contributed by atoms with Crippen molar-refractivity contribution in [3.05, 3.63) is 58.4 Å². The first kappa shape index (κ1) is 40.7. The third-order valence-electron chi connectivity index (χ3n) is 8.86. The highest BCUT2D eigenvalue weighted by Crippen LogP contribution is 2.44. The van der Waals surface area contributed by atoms with E-state index in [1.165, 1.54) is 36.4 Å². The van der Waals surface area contributed by atoms with Crippen LogP contribution in [0.5, 0.6) is 11.5 Å². The Balaban J connectivity index is 1.88. The Morgan fingerprint density at radius 3 is 2.06 bits per heavy atom. The summed E-state index contributed by atoms with van der Waals surface area (Å²) in [7, 11) is 0. The second-order valence-corrected chi connectivity index (χ2v) is 15.2. The summed E-state index contributed by atoms with van der Waals surface area (Å²) in [5.74, 6) is -1.51. The number of hydrogen-bond acceptors (Lipinski definition) is 7. The van der Waals surface area contributed by atoms with Crippen LogP contribution in [-0.4, -0.2) is 37.3 Å². The summed E-state index contributed by atoms with van der Waals surface area (Å²) in [6, 6.07) is 9.46. The van der Waals surface area contributed by atoms with E-state index in [0.717, 1.165) is 26.2 Å². The van der Waals surface area contributed by atoms with E-state index < -0.39 is 59.5 Å². The van der Waals surface area contributed by atoms with Crippen molar-refractivity contribution in [2.24, 2.45) is 22.0 Å². The Hall–Kier alpha value is -3.74. The van der Waals surface area contributed by atoms with E-state index in [1.807, 2.05) is 27.7 Å². The van der Waals surface area contributed by atoms with Gasteiger partial charge in [-0.25, -0.2) is 4.79 Å². The summed E-state index contributed by atoms with van der Waals surface area (Å²) < 4.78 is 104. The zero-order valence-electron chi connectivity index (χ0n) is 29.8. The largest absolute Gasteiger partial charge is 0.573 e. The number of unbranched alkanes of at least 4 members (excludes halogenated alkanes) is 2. The SMILES string of the molecule is CCCCCc1ccc(-c2cc3ccc(OCC(C)(COC(=O)C(C)(CC(C)(C)C)C(C)(C)N)C(F)(F)F)cc3oc2=O)c(OC(F)(F)F)c1. The fourth-order valence-corrected chi connectivity index (χ4v) is 5.56. The van der Waals surface area contributed by atoms with Gasteiger partial charge in [-0.1, -0.05) is 52.7 Å². The van der Waals surface area contributed by atoms with Crippen LogP contribution in [0.1, 0.15) is 86.6 Å². The molecule has 2 unspecified atom stereocenters. The molecule has 0 aliphatic carbocycles. The topological polar surface area (TPSA) is 101 Å². The van der Waals surface area contributed by atoms with Crippen molar-refractivity contribution in [3.8, 4) is 22.6 Å². The number of aryl methyl sites for hydroxylation is 1. The number of carbonyl (C=O) groups excluding carboxylic acids is 1. The normalized spacial score (nSPS) is 15.3. The van der Waals surface area contributed by atoms with Crippen LogP contribution in [0.4, 0.5) is 26.3 Å². The molecule has 0 fully saturated rings. The molecule has 0 amide bonds. The smallest absolute Gasteiger partial charge is 0.492 e. The van der Waals surface area contributed by atoms with Gasteiger partial charge in [0.25, 0.3) is 0 Å². The average molecular weight is 716 g/mol. The van der Waals surface area contributed by atoms with Crippen molar-refractivity contribution in [1.82, 2.24) is 0 Å². The first-order chi connectivity index (χ1) is 22.8. The molecule has 3 rings (SSSR count). The molecule has 2 N–H and O–H groups in total. The van der Waals surface area contributed by atoms with E-state index in [-0.39, 0.29) is 39.7 Å². The van der Waals surface area contributed by atoms with Gasteiger partial charge in [0, 0.05) is 22.6 Å².